The maximum Gasteiger partial charge on any atom is 0.0249 e. The molecule has 1 aliphatic rings. The molecule has 0 aliphatic heterocycles. The van der Waals surface area contributed by atoms with Gasteiger partial charge in [-0.1, -0.05) is 65.3 Å². The zero-order chi connectivity index (χ0) is 10.5. The highest BCUT2D eigenvalue weighted by Gasteiger charge is 2.50. The van der Waals surface area contributed by atoms with Crippen molar-refractivity contribution in [2.24, 2.45) is 0 Å². The monoisotopic (exact) mass is 260 g/mol. The summed E-state index contributed by atoms with van der Waals surface area (Å²) in [6.07, 6.45) is 1.25. The highest BCUT2D eigenvalue weighted by molar-refractivity contribution is 9.09. The van der Waals surface area contributed by atoms with E-state index in [2.05, 4.69) is 65.3 Å². The van der Waals surface area contributed by atoms with Crippen molar-refractivity contribution in [2.75, 3.05) is 0 Å². The van der Waals surface area contributed by atoms with Gasteiger partial charge in [-0.05, 0) is 22.8 Å². The van der Waals surface area contributed by atoms with Crippen molar-refractivity contribution in [1.29, 1.82) is 0 Å². The average Bonchev–Trinajstić information content (AvgIpc) is 2.87. The first-order valence-electron chi connectivity index (χ1n) is 5.34. The Kier molecular flexibility index (Phi) is 1.93. The number of benzene rings is 2. The second-order valence-corrected chi connectivity index (χ2v) is 5.72. The molecule has 0 heterocycles. The first-order chi connectivity index (χ1) is 7.22. The first kappa shape index (κ1) is 9.41. The van der Waals surface area contributed by atoms with Crippen LogP contribution < -0.4 is 0 Å². The lowest BCUT2D eigenvalue weighted by Gasteiger charge is -2.13. The molecule has 0 nitrogen and oxygen atoms in total. The van der Waals surface area contributed by atoms with Gasteiger partial charge in [0.2, 0.25) is 0 Å². The fourth-order valence-electron chi connectivity index (χ4n) is 2.32. The number of rotatable bonds is 1. The molecule has 2 aromatic rings. The lowest BCUT2D eigenvalue weighted by Crippen LogP contribution is -2.04. The van der Waals surface area contributed by atoms with E-state index >= 15 is 0 Å². The standard InChI is InChI=1S/C14H13Br/c1-14(9-13(14)15)12-8-4-6-10-5-2-3-7-11(10)12/h2-8,13H,9H2,1H3. The first-order valence-corrected chi connectivity index (χ1v) is 6.26. The van der Waals surface area contributed by atoms with Crippen molar-refractivity contribution in [3.05, 3.63) is 48.0 Å². The molecule has 2 unspecified atom stereocenters. The van der Waals surface area contributed by atoms with Crippen LogP contribution in [0.1, 0.15) is 18.9 Å². The summed E-state index contributed by atoms with van der Waals surface area (Å²) < 4.78 is 0. The number of hydrogen-bond acceptors (Lipinski definition) is 0. The Morgan fingerprint density at radius 2 is 1.80 bits per heavy atom. The number of hydrogen-bond donors (Lipinski definition) is 0. The Labute approximate surface area is 98.4 Å². The van der Waals surface area contributed by atoms with E-state index < -0.39 is 0 Å². The Morgan fingerprint density at radius 1 is 1.13 bits per heavy atom. The van der Waals surface area contributed by atoms with E-state index in [0.29, 0.717) is 10.2 Å². The van der Waals surface area contributed by atoms with Gasteiger partial charge in [-0.15, -0.1) is 0 Å². The zero-order valence-electron chi connectivity index (χ0n) is 8.70. The van der Waals surface area contributed by atoms with Gasteiger partial charge in [0.15, 0.2) is 0 Å². The van der Waals surface area contributed by atoms with Crippen LogP contribution in [0.3, 0.4) is 0 Å². The van der Waals surface area contributed by atoms with Crippen molar-refractivity contribution >= 4 is 26.7 Å². The molecule has 0 saturated heterocycles. The summed E-state index contributed by atoms with van der Waals surface area (Å²) in [5, 5.41) is 2.76. The SMILES string of the molecule is CC1(c2cccc3ccccc23)CC1Br. The molecule has 0 N–H and O–H groups in total. The predicted molar refractivity (Wildman–Crippen MR) is 68.6 cm³/mol. The van der Waals surface area contributed by atoms with E-state index in [9.17, 15) is 0 Å². The van der Waals surface area contributed by atoms with Crippen LogP contribution >= 0.6 is 15.9 Å². The Balaban J connectivity index is 2.27. The minimum absolute atomic E-state index is 0.348. The Bertz CT molecular complexity index is 512. The van der Waals surface area contributed by atoms with Gasteiger partial charge in [-0.3, -0.25) is 0 Å². The van der Waals surface area contributed by atoms with Crippen molar-refractivity contribution in [1.82, 2.24) is 0 Å². The normalized spacial score (nSPS) is 29.3. The highest BCUT2D eigenvalue weighted by Crippen LogP contribution is 2.54. The van der Waals surface area contributed by atoms with Crippen LogP contribution in [0, 0.1) is 0 Å². The van der Waals surface area contributed by atoms with E-state index in [-0.39, 0.29) is 0 Å². The summed E-state index contributed by atoms with van der Waals surface area (Å²) in [7, 11) is 0. The summed E-state index contributed by atoms with van der Waals surface area (Å²) in [5.41, 5.74) is 1.84. The van der Waals surface area contributed by atoms with Crippen molar-refractivity contribution in [2.45, 2.75) is 23.6 Å². The fourth-order valence-corrected chi connectivity index (χ4v) is 3.23. The third kappa shape index (κ3) is 1.33. The number of alkyl halides is 1. The minimum Gasteiger partial charge on any atom is -0.0881 e. The minimum atomic E-state index is 0.348. The Hall–Kier alpha value is -0.820. The molecule has 2 aromatic carbocycles. The van der Waals surface area contributed by atoms with Crippen molar-refractivity contribution < 1.29 is 0 Å². The van der Waals surface area contributed by atoms with Crippen LogP contribution in [0.15, 0.2) is 42.5 Å². The summed E-state index contributed by atoms with van der Waals surface area (Å²) >= 11 is 3.73. The highest BCUT2D eigenvalue weighted by atomic mass is 79.9. The maximum absolute atomic E-state index is 3.73. The van der Waals surface area contributed by atoms with Crippen LogP contribution in [0.2, 0.25) is 0 Å². The lowest BCUT2D eigenvalue weighted by atomic mass is 9.92. The molecule has 1 fully saturated rings. The predicted octanol–water partition coefficient (Wildman–Crippen LogP) is 4.26. The third-order valence-electron chi connectivity index (χ3n) is 3.54. The summed E-state index contributed by atoms with van der Waals surface area (Å²) in [4.78, 5) is 0.649. The van der Waals surface area contributed by atoms with Gasteiger partial charge in [0, 0.05) is 10.2 Å². The van der Waals surface area contributed by atoms with Crippen molar-refractivity contribution in [3.8, 4) is 0 Å². The molecule has 3 rings (SSSR count). The summed E-state index contributed by atoms with van der Waals surface area (Å²) in [6.45, 7) is 2.34. The van der Waals surface area contributed by atoms with Crippen LogP contribution in [-0.4, -0.2) is 4.83 Å². The molecular weight excluding hydrogens is 248 g/mol. The van der Waals surface area contributed by atoms with E-state index in [0.717, 1.165) is 0 Å². The molecule has 1 saturated carbocycles. The molecule has 1 aliphatic carbocycles. The smallest absolute Gasteiger partial charge is 0.0249 e. The van der Waals surface area contributed by atoms with Crippen LogP contribution in [0.4, 0.5) is 0 Å². The molecule has 15 heavy (non-hydrogen) atoms. The van der Waals surface area contributed by atoms with Gasteiger partial charge in [0.05, 0.1) is 0 Å². The van der Waals surface area contributed by atoms with E-state index in [1.807, 2.05) is 0 Å². The molecule has 0 radical (unpaired) electrons. The molecule has 0 amide bonds. The molecule has 2 atom stereocenters. The molecular formula is C14H13Br. The quantitative estimate of drug-likeness (QED) is 0.673. The van der Waals surface area contributed by atoms with Gasteiger partial charge in [-0.25, -0.2) is 0 Å². The van der Waals surface area contributed by atoms with E-state index in [1.165, 1.54) is 22.8 Å². The lowest BCUT2D eigenvalue weighted by molar-refractivity contribution is 0.804. The van der Waals surface area contributed by atoms with Gasteiger partial charge in [0.1, 0.15) is 0 Å². The van der Waals surface area contributed by atoms with E-state index in [4.69, 9.17) is 0 Å². The molecule has 0 aromatic heterocycles. The summed E-state index contributed by atoms with van der Waals surface area (Å²) in [6, 6.07) is 15.3. The second-order valence-electron chi connectivity index (χ2n) is 4.62. The topological polar surface area (TPSA) is 0 Å². The third-order valence-corrected chi connectivity index (χ3v) is 4.87. The van der Waals surface area contributed by atoms with Crippen LogP contribution in [0.5, 0.6) is 0 Å². The molecule has 0 spiro atoms. The largest absolute Gasteiger partial charge is 0.0881 e. The van der Waals surface area contributed by atoms with Crippen LogP contribution in [0.25, 0.3) is 10.8 Å². The van der Waals surface area contributed by atoms with E-state index in [1.54, 1.807) is 0 Å². The maximum atomic E-state index is 3.73. The van der Waals surface area contributed by atoms with Crippen molar-refractivity contribution in [3.63, 3.8) is 0 Å². The molecule has 0 bridgehead atoms. The van der Waals surface area contributed by atoms with Gasteiger partial charge in [0.25, 0.3) is 0 Å². The summed E-state index contributed by atoms with van der Waals surface area (Å²) in [5.74, 6) is 0. The zero-order valence-corrected chi connectivity index (χ0v) is 10.3. The van der Waals surface area contributed by atoms with Gasteiger partial charge in [-0.2, -0.15) is 0 Å². The molecule has 1 heteroatoms. The van der Waals surface area contributed by atoms with Gasteiger partial charge < -0.3 is 0 Å². The molecule has 76 valence electrons. The van der Waals surface area contributed by atoms with Gasteiger partial charge >= 0.3 is 0 Å². The van der Waals surface area contributed by atoms with Crippen LogP contribution in [-0.2, 0) is 5.41 Å². The second kappa shape index (κ2) is 3.08. The fraction of sp³-hybridized carbons (Fsp3) is 0.286. The average molecular weight is 261 g/mol. The number of fused-ring (bicyclic) bond motifs is 1. The Morgan fingerprint density at radius 3 is 2.53 bits per heavy atom. The number of halogens is 1.